The summed E-state index contributed by atoms with van der Waals surface area (Å²) in [7, 11) is 0. The van der Waals surface area contributed by atoms with Crippen molar-refractivity contribution in [2.75, 3.05) is 17.2 Å². The summed E-state index contributed by atoms with van der Waals surface area (Å²) in [5.41, 5.74) is 1.26. The molecule has 1 saturated carbocycles. The van der Waals surface area contributed by atoms with E-state index in [1.54, 1.807) is 18.3 Å². The van der Waals surface area contributed by atoms with Crippen LogP contribution in [0.25, 0.3) is 0 Å². The molecule has 4 rings (SSSR count). The summed E-state index contributed by atoms with van der Waals surface area (Å²) in [5, 5.41) is 15.7. The molecule has 1 aliphatic carbocycles. The van der Waals surface area contributed by atoms with E-state index in [1.165, 1.54) is 11.3 Å². The number of rotatable bonds is 7. The van der Waals surface area contributed by atoms with Crippen molar-refractivity contribution in [1.29, 1.82) is 0 Å². The fourth-order valence-corrected chi connectivity index (χ4v) is 3.48. The Hall–Kier alpha value is -3.00. The molecular weight excluding hydrogens is 362 g/mol. The maximum Gasteiger partial charge on any atom is 0.261 e. The van der Waals surface area contributed by atoms with Crippen molar-refractivity contribution in [2.24, 2.45) is 0 Å². The Kier molecular flexibility index (Phi) is 4.97. The van der Waals surface area contributed by atoms with Crippen LogP contribution in [0.5, 0.6) is 5.75 Å². The summed E-state index contributed by atoms with van der Waals surface area (Å²) in [6.07, 6.45) is 3.95. The van der Waals surface area contributed by atoms with Crippen molar-refractivity contribution in [3.63, 3.8) is 0 Å². The summed E-state index contributed by atoms with van der Waals surface area (Å²) in [4.78, 5) is 17.0. The lowest BCUT2D eigenvalue weighted by atomic mass is 10.2. The van der Waals surface area contributed by atoms with Gasteiger partial charge in [-0.15, -0.1) is 10.2 Å². The average Bonchev–Trinajstić information content (AvgIpc) is 3.43. The Bertz CT molecular complexity index is 937. The van der Waals surface area contributed by atoms with E-state index < -0.39 is 0 Å². The lowest BCUT2D eigenvalue weighted by molar-refractivity contribution is 0.102. The summed E-state index contributed by atoms with van der Waals surface area (Å²) in [6.45, 7) is 2.56. The van der Waals surface area contributed by atoms with E-state index in [2.05, 4.69) is 25.8 Å². The number of ether oxygens (including phenoxy) is 1. The third-order valence-corrected chi connectivity index (χ3v) is 5.07. The molecular formula is C19H19N5O2S. The van der Waals surface area contributed by atoms with Crippen molar-refractivity contribution in [2.45, 2.75) is 25.7 Å². The van der Waals surface area contributed by atoms with Crippen molar-refractivity contribution in [3.8, 4) is 5.75 Å². The Balaban J connectivity index is 1.48. The van der Waals surface area contributed by atoms with Crippen molar-refractivity contribution in [1.82, 2.24) is 15.2 Å². The molecule has 1 fully saturated rings. The lowest BCUT2D eigenvalue weighted by Gasteiger charge is -2.11. The van der Waals surface area contributed by atoms with E-state index >= 15 is 0 Å². The number of anilines is 3. The third kappa shape index (κ3) is 4.22. The number of pyridine rings is 1. The number of nitrogens with one attached hydrogen (secondary N) is 2. The Labute approximate surface area is 160 Å². The minimum Gasteiger partial charge on any atom is -0.494 e. The summed E-state index contributed by atoms with van der Waals surface area (Å²) in [6, 6.07) is 11.0. The van der Waals surface area contributed by atoms with Crippen LogP contribution in [-0.2, 0) is 0 Å². The highest BCUT2D eigenvalue weighted by atomic mass is 32.1. The quantitative estimate of drug-likeness (QED) is 0.637. The molecule has 1 aromatic carbocycles. The molecule has 0 unspecified atom stereocenters. The minimum atomic E-state index is -0.268. The van der Waals surface area contributed by atoms with E-state index in [-0.39, 0.29) is 5.91 Å². The number of aromatic nitrogens is 3. The van der Waals surface area contributed by atoms with E-state index in [0.717, 1.165) is 29.3 Å². The van der Waals surface area contributed by atoms with Crippen LogP contribution >= 0.6 is 11.3 Å². The maximum absolute atomic E-state index is 12.7. The first kappa shape index (κ1) is 17.4. The fraction of sp³-hybridized carbons (Fsp3) is 0.263. The zero-order valence-corrected chi connectivity index (χ0v) is 15.6. The van der Waals surface area contributed by atoms with Crippen LogP contribution in [0.15, 0.2) is 42.6 Å². The number of carbonyl (C=O) groups is 1. The van der Waals surface area contributed by atoms with E-state index in [9.17, 15) is 4.79 Å². The highest BCUT2D eigenvalue weighted by molar-refractivity contribution is 7.15. The van der Waals surface area contributed by atoms with Gasteiger partial charge in [-0.25, -0.2) is 4.98 Å². The number of nitrogens with zero attached hydrogens (tertiary/aromatic N) is 3. The predicted molar refractivity (Wildman–Crippen MR) is 105 cm³/mol. The maximum atomic E-state index is 12.7. The number of hydrogen-bond acceptors (Lipinski definition) is 7. The minimum absolute atomic E-state index is 0.268. The van der Waals surface area contributed by atoms with Crippen LogP contribution in [0.2, 0.25) is 0 Å². The second-order valence-electron chi connectivity index (χ2n) is 6.16. The van der Waals surface area contributed by atoms with Gasteiger partial charge in [-0.1, -0.05) is 11.3 Å². The molecule has 138 valence electrons. The van der Waals surface area contributed by atoms with Crippen molar-refractivity contribution >= 4 is 33.9 Å². The number of hydrogen-bond donors (Lipinski definition) is 2. The van der Waals surface area contributed by atoms with Crippen LogP contribution in [-0.4, -0.2) is 27.7 Å². The molecule has 0 bridgehead atoms. The van der Waals surface area contributed by atoms with Gasteiger partial charge in [-0.2, -0.15) is 0 Å². The third-order valence-electron chi connectivity index (χ3n) is 4.07. The van der Waals surface area contributed by atoms with Crippen molar-refractivity contribution < 1.29 is 9.53 Å². The van der Waals surface area contributed by atoms with E-state index in [1.807, 2.05) is 31.2 Å². The number of benzene rings is 1. The molecule has 2 aromatic heterocycles. The van der Waals surface area contributed by atoms with Gasteiger partial charge in [0.2, 0.25) is 5.13 Å². The molecule has 2 heterocycles. The Morgan fingerprint density at radius 3 is 2.78 bits per heavy atom. The van der Waals surface area contributed by atoms with Gasteiger partial charge in [0.15, 0.2) is 0 Å². The van der Waals surface area contributed by atoms with Crippen LogP contribution in [0.4, 0.5) is 16.6 Å². The zero-order valence-electron chi connectivity index (χ0n) is 14.8. The van der Waals surface area contributed by atoms with Gasteiger partial charge in [0.1, 0.15) is 16.6 Å². The second-order valence-corrected chi connectivity index (χ2v) is 7.16. The van der Waals surface area contributed by atoms with Gasteiger partial charge in [0, 0.05) is 17.8 Å². The number of amides is 1. The second kappa shape index (κ2) is 7.71. The predicted octanol–water partition coefficient (Wildman–Crippen LogP) is 4.21. The molecule has 2 N–H and O–H groups in total. The molecule has 8 heteroatoms. The molecule has 27 heavy (non-hydrogen) atoms. The van der Waals surface area contributed by atoms with E-state index in [0.29, 0.717) is 29.0 Å². The zero-order chi connectivity index (χ0) is 18.6. The van der Waals surface area contributed by atoms with E-state index in [4.69, 9.17) is 4.74 Å². The molecule has 1 aliphatic rings. The monoisotopic (exact) mass is 381 g/mol. The molecule has 7 nitrogen and oxygen atoms in total. The van der Waals surface area contributed by atoms with Gasteiger partial charge in [-0.3, -0.25) is 10.1 Å². The largest absolute Gasteiger partial charge is 0.494 e. The van der Waals surface area contributed by atoms with Crippen LogP contribution < -0.4 is 15.4 Å². The Morgan fingerprint density at radius 2 is 2.04 bits per heavy atom. The summed E-state index contributed by atoms with van der Waals surface area (Å²) in [5.74, 6) is 1.52. The van der Waals surface area contributed by atoms with Crippen molar-refractivity contribution in [3.05, 3.63) is 53.2 Å². The SMILES string of the molecule is CCOc1ccc(Nc2ncccc2C(=O)Nc2nnc(C3CC3)s2)cc1. The number of carbonyl (C=O) groups excluding carboxylic acids is 1. The van der Waals surface area contributed by atoms with Gasteiger partial charge >= 0.3 is 0 Å². The molecule has 3 aromatic rings. The first-order valence-electron chi connectivity index (χ1n) is 8.82. The topological polar surface area (TPSA) is 89.0 Å². The molecule has 1 amide bonds. The van der Waals surface area contributed by atoms with Crippen LogP contribution in [0.3, 0.4) is 0 Å². The standard InChI is InChI=1S/C19H19N5O2S/c1-2-26-14-9-7-13(8-10-14)21-16-15(4-3-11-20-16)17(25)22-19-24-23-18(27-19)12-5-6-12/h3-4,7-12H,2,5-6H2,1H3,(H,20,21)(H,22,24,25). The lowest BCUT2D eigenvalue weighted by Crippen LogP contribution is -2.14. The van der Waals surface area contributed by atoms with Gasteiger partial charge in [-0.05, 0) is 56.2 Å². The van der Waals surface area contributed by atoms with Gasteiger partial charge in [0.05, 0.1) is 12.2 Å². The fourth-order valence-electron chi connectivity index (χ4n) is 2.57. The molecule has 0 saturated heterocycles. The summed E-state index contributed by atoms with van der Waals surface area (Å²) >= 11 is 1.43. The van der Waals surface area contributed by atoms with Crippen LogP contribution in [0.1, 0.15) is 41.0 Å². The van der Waals surface area contributed by atoms with Gasteiger partial charge < -0.3 is 10.1 Å². The summed E-state index contributed by atoms with van der Waals surface area (Å²) < 4.78 is 5.44. The highest BCUT2D eigenvalue weighted by Gasteiger charge is 2.28. The molecule has 0 radical (unpaired) electrons. The van der Waals surface area contributed by atoms with Gasteiger partial charge in [0.25, 0.3) is 5.91 Å². The molecule has 0 atom stereocenters. The highest BCUT2D eigenvalue weighted by Crippen LogP contribution is 2.42. The Morgan fingerprint density at radius 1 is 1.22 bits per heavy atom. The molecule has 0 aliphatic heterocycles. The smallest absolute Gasteiger partial charge is 0.261 e. The average molecular weight is 381 g/mol. The first-order chi connectivity index (χ1) is 13.2. The normalized spacial score (nSPS) is 13.2. The van der Waals surface area contributed by atoms with Crippen LogP contribution in [0, 0.1) is 0 Å². The first-order valence-corrected chi connectivity index (χ1v) is 9.64. The molecule has 0 spiro atoms.